The van der Waals surface area contributed by atoms with Gasteiger partial charge in [-0.25, -0.2) is 4.39 Å². The number of hydrogen-bond donors (Lipinski definition) is 1. The highest BCUT2D eigenvalue weighted by Gasteiger charge is 2.12. The summed E-state index contributed by atoms with van der Waals surface area (Å²) in [5.41, 5.74) is 0.997. The van der Waals surface area contributed by atoms with E-state index in [9.17, 15) is 9.18 Å². The molecule has 0 saturated carbocycles. The van der Waals surface area contributed by atoms with E-state index >= 15 is 0 Å². The topological polar surface area (TPSA) is 56.8 Å². The minimum atomic E-state index is -0.390. The van der Waals surface area contributed by atoms with Crippen LogP contribution in [0.4, 0.5) is 4.39 Å². The van der Waals surface area contributed by atoms with E-state index in [1.54, 1.807) is 36.4 Å². The highest BCUT2D eigenvalue weighted by atomic mass is 19.1. The van der Waals surface area contributed by atoms with Gasteiger partial charge in [0.1, 0.15) is 5.82 Å². The lowest BCUT2D eigenvalue weighted by Gasteiger charge is -2.12. The summed E-state index contributed by atoms with van der Waals surface area (Å²) in [5.74, 6) is 6.13. The number of halogens is 1. The number of ether oxygens (including phenoxy) is 3. The summed E-state index contributed by atoms with van der Waals surface area (Å²) in [5, 5.41) is 2.61. The zero-order valence-electron chi connectivity index (χ0n) is 15.3. The fourth-order valence-electron chi connectivity index (χ4n) is 2.26. The maximum atomic E-state index is 13.4. The van der Waals surface area contributed by atoms with Crippen LogP contribution in [0.1, 0.15) is 11.1 Å². The number of hydrogen-bond acceptors (Lipinski definition) is 4. The summed E-state index contributed by atoms with van der Waals surface area (Å²) in [6.45, 7) is 0.104. The van der Waals surface area contributed by atoms with Crippen molar-refractivity contribution < 1.29 is 23.4 Å². The van der Waals surface area contributed by atoms with Crippen molar-refractivity contribution in [2.45, 2.75) is 0 Å². The zero-order chi connectivity index (χ0) is 19.6. The Bertz CT molecular complexity index is 872. The van der Waals surface area contributed by atoms with Crippen LogP contribution in [-0.4, -0.2) is 33.8 Å². The molecule has 0 aliphatic heterocycles. The average molecular weight is 369 g/mol. The van der Waals surface area contributed by atoms with Crippen molar-refractivity contribution in [2.75, 3.05) is 27.9 Å². The third kappa shape index (κ3) is 5.51. The first-order chi connectivity index (χ1) is 13.1. The minimum absolute atomic E-state index is 0.104. The summed E-state index contributed by atoms with van der Waals surface area (Å²) in [6, 6.07) is 9.66. The first-order valence-corrected chi connectivity index (χ1v) is 8.08. The van der Waals surface area contributed by atoms with Crippen molar-refractivity contribution in [1.29, 1.82) is 0 Å². The molecule has 2 aromatic carbocycles. The van der Waals surface area contributed by atoms with E-state index in [0.717, 1.165) is 0 Å². The largest absolute Gasteiger partial charge is 0.493 e. The predicted molar refractivity (Wildman–Crippen MR) is 101 cm³/mol. The first kappa shape index (κ1) is 19.9. The number of carbonyl (C=O) groups is 1. The van der Waals surface area contributed by atoms with Crippen molar-refractivity contribution in [3.63, 3.8) is 0 Å². The second kappa shape index (κ2) is 9.88. The summed E-state index contributed by atoms with van der Waals surface area (Å²) in [7, 11) is 4.56. The highest BCUT2D eigenvalue weighted by molar-refractivity contribution is 5.92. The van der Waals surface area contributed by atoms with Crippen molar-refractivity contribution in [3.8, 4) is 29.1 Å². The summed E-state index contributed by atoms with van der Waals surface area (Å²) >= 11 is 0. The van der Waals surface area contributed by atoms with Crippen molar-refractivity contribution in [1.82, 2.24) is 5.32 Å². The standard InChI is InChI=1S/C21H20FNO4/c1-25-18-13-15(14-19(26-2)21(18)27-3)10-11-20(24)23-12-6-8-16-7-4-5-9-17(16)22/h4-5,7,9-11,13-14H,12H2,1-3H3,(H,23,24)/b11-10+. The van der Waals surface area contributed by atoms with Crippen molar-refractivity contribution in [3.05, 3.63) is 59.4 Å². The third-order valence-electron chi connectivity index (χ3n) is 3.56. The van der Waals surface area contributed by atoms with Crippen LogP contribution in [-0.2, 0) is 4.79 Å². The lowest BCUT2D eigenvalue weighted by atomic mass is 10.1. The van der Waals surface area contributed by atoms with Gasteiger partial charge in [-0.1, -0.05) is 24.0 Å². The molecular formula is C21H20FNO4. The molecule has 6 heteroatoms. The molecule has 140 valence electrons. The van der Waals surface area contributed by atoms with Gasteiger partial charge in [0.05, 0.1) is 33.4 Å². The fraction of sp³-hybridized carbons (Fsp3) is 0.190. The van der Waals surface area contributed by atoms with Gasteiger partial charge in [0.15, 0.2) is 11.5 Å². The Balaban J connectivity index is 2.00. The van der Waals surface area contributed by atoms with Crippen LogP contribution >= 0.6 is 0 Å². The fourth-order valence-corrected chi connectivity index (χ4v) is 2.26. The Morgan fingerprint density at radius 3 is 2.37 bits per heavy atom. The Kier molecular flexibility index (Phi) is 7.26. The minimum Gasteiger partial charge on any atom is -0.493 e. The van der Waals surface area contributed by atoms with Gasteiger partial charge in [-0.3, -0.25) is 4.79 Å². The van der Waals surface area contributed by atoms with E-state index in [2.05, 4.69) is 17.2 Å². The molecule has 27 heavy (non-hydrogen) atoms. The normalized spacial score (nSPS) is 10.1. The molecule has 0 atom stereocenters. The predicted octanol–water partition coefficient (Wildman–Crippen LogP) is 3.03. The molecule has 0 aliphatic carbocycles. The van der Waals surface area contributed by atoms with Gasteiger partial charge < -0.3 is 19.5 Å². The molecule has 0 aromatic heterocycles. The Morgan fingerprint density at radius 2 is 1.78 bits per heavy atom. The molecule has 2 aromatic rings. The number of amides is 1. The molecule has 0 radical (unpaired) electrons. The quantitative estimate of drug-likeness (QED) is 0.628. The van der Waals surface area contributed by atoms with Gasteiger partial charge in [0.2, 0.25) is 11.7 Å². The maximum absolute atomic E-state index is 13.4. The molecule has 1 N–H and O–H groups in total. The van der Waals surface area contributed by atoms with Crippen molar-refractivity contribution in [2.24, 2.45) is 0 Å². The van der Waals surface area contributed by atoms with Gasteiger partial charge in [-0.15, -0.1) is 0 Å². The molecule has 0 aliphatic rings. The van der Waals surface area contributed by atoms with Gasteiger partial charge in [-0.2, -0.15) is 0 Å². The zero-order valence-corrected chi connectivity index (χ0v) is 15.3. The van der Waals surface area contributed by atoms with Crippen LogP contribution in [0.2, 0.25) is 0 Å². The van der Waals surface area contributed by atoms with Gasteiger partial charge in [-0.05, 0) is 35.9 Å². The summed E-state index contributed by atoms with van der Waals surface area (Å²) in [4.78, 5) is 11.9. The van der Waals surface area contributed by atoms with Crippen LogP contribution in [0.25, 0.3) is 6.08 Å². The average Bonchev–Trinajstić information content (AvgIpc) is 2.69. The number of methoxy groups -OCH3 is 3. The van der Waals surface area contributed by atoms with E-state index in [1.165, 1.54) is 33.5 Å². The van der Waals surface area contributed by atoms with Gasteiger partial charge >= 0.3 is 0 Å². The van der Waals surface area contributed by atoms with Crippen LogP contribution in [0.3, 0.4) is 0 Å². The first-order valence-electron chi connectivity index (χ1n) is 8.08. The van der Waals surface area contributed by atoms with E-state index < -0.39 is 5.82 Å². The highest BCUT2D eigenvalue weighted by Crippen LogP contribution is 2.38. The molecule has 0 spiro atoms. The van der Waals surface area contributed by atoms with E-state index in [4.69, 9.17) is 14.2 Å². The lowest BCUT2D eigenvalue weighted by molar-refractivity contribution is -0.116. The molecular weight excluding hydrogens is 349 g/mol. The number of benzene rings is 2. The van der Waals surface area contributed by atoms with E-state index in [1.807, 2.05) is 0 Å². The second-order valence-corrected chi connectivity index (χ2v) is 5.29. The molecule has 2 rings (SSSR count). The number of rotatable bonds is 6. The van der Waals surface area contributed by atoms with E-state index in [-0.39, 0.29) is 12.5 Å². The molecule has 0 fully saturated rings. The van der Waals surface area contributed by atoms with Crippen LogP contribution < -0.4 is 19.5 Å². The monoisotopic (exact) mass is 369 g/mol. The molecule has 5 nitrogen and oxygen atoms in total. The van der Waals surface area contributed by atoms with Crippen LogP contribution in [0.5, 0.6) is 17.2 Å². The Labute approximate surface area is 157 Å². The molecule has 0 heterocycles. The number of nitrogens with one attached hydrogen (secondary N) is 1. The van der Waals surface area contributed by atoms with Gasteiger partial charge in [0, 0.05) is 6.08 Å². The van der Waals surface area contributed by atoms with Crippen LogP contribution in [0, 0.1) is 17.7 Å². The smallest absolute Gasteiger partial charge is 0.244 e. The second-order valence-electron chi connectivity index (χ2n) is 5.29. The molecule has 0 saturated heterocycles. The Hall–Kier alpha value is -3.46. The van der Waals surface area contributed by atoms with E-state index in [0.29, 0.717) is 28.4 Å². The molecule has 0 bridgehead atoms. The molecule has 1 amide bonds. The SMILES string of the molecule is COc1cc(/C=C/C(=O)NCC#Cc2ccccc2F)cc(OC)c1OC. The van der Waals surface area contributed by atoms with Crippen molar-refractivity contribution >= 4 is 12.0 Å². The molecule has 0 unspecified atom stereocenters. The maximum Gasteiger partial charge on any atom is 0.244 e. The van der Waals surface area contributed by atoms with Crippen LogP contribution in [0.15, 0.2) is 42.5 Å². The summed E-state index contributed by atoms with van der Waals surface area (Å²) < 4.78 is 29.2. The third-order valence-corrected chi connectivity index (χ3v) is 3.56. The van der Waals surface area contributed by atoms with Gasteiger partial charge in [0.25, 0.3) is 0 Å². The summed E-state index contributed by atoms with van der Waals surface area (Å²) in [6.07, 6.45) is 2.98. The Morgan fingerprint density at radius 1 is 1.11 bits per heavy atom. The lowest BCUT2D eigenvalue weighted by Crippen LogP contribution is -2.20. The number of carbonyl (C=O) groups excluding carboxylic acids is 1.